The molecule has 2 aliphatic rings. The molecule has 176 valence electrons. The molecule has 0 unspecified atom stereocenters. The van der Waals surface area contributed by atoms with E-state index in [1.807, 2.05) is 25.1 Å². The second-order valence-electron chi connectivity index (χ2n) is 8.54. The zero-order valence-electron chi connectivity index (χ0n) is 19.0. The van der Waals surface area contributed by atoms with Crippen LogP contribution >= 0.6 is 27.3 Å². The lowest BCUT2D eigenvalue weighted by Crippen LogP contribution is -2.38. The smallest absolute Gasteiger partial charge is 0.343 e. The molecule has 7 nitrogen and oxygen atoms in total. The first-order chi connectivity index (χ1) is 16.3. The van der Waals surface area contributed by atoms with Gasteiger partial charge in [0.05, 0.1) is 22.7 Å². The summed E-state index contributed by atoms with van der Waals surface area (Å²) >= 11 is 5.16. The van der Waals surface area contributed by atoms with Crippen molar-refractivity contribution >= 4 is 44.1 Å². The van der Waals surface area contributed by atoms with Crippen LogP contribution in [-0.4, -0.2) is 37.5 Å². The molecule has 9 heteroatoms. The van der Waals surface area contributed by atoms with Gasteiger partial charge in [0.15, 0.2) is 11.5 Å². The van der Waals surface area contributed by atoms with Crippen LogP contribution in [-0.2, 0) is 13.0 Å². The number of amides is 1. The number of nitrogens with one attached hydrogen (secondary N) is 2. The molecule has 2 aromatic carbocycles. The van der Waals surface area contributed by atoms with Gasteiger partial charge in [-0.2, -0.15) is 0 Å². The summed E-state index contributed by atoms with van der Waals surface area (Å²) in [6, 6.07) is 10.8. The molecule has 0 spiro atoms. The lowest BCUT2D eigenvalue weighted by molar-refractivity contribution is 0.0728. The number of rotatable bonds is 4. The number of anilines is 1. The van der Waals surface area contributed by atoms with Crippen molar-refractivity contribution in [2.24, 2.45) is 0 Å². The summed E-state index contributed by atoms with van der Waals surface area (Å²) in [5, 5.41) is 7.42. The second kappa shape index (κ2) is 9.05. The van der Waals surface area contributed by atoms with Crippen molar-refractivity contribution in [2.75, 3.05) is 26.0 Å². The average Bonchev–Trinajstić information content (AvgIpc) is 3.18. The first-order valence-electron chi connectivity index (χ1n) is 10.9. The van der Waals surface area contributed by atoms with Crippen LogP contribution in [0.25, 0.3) is 0 Å². The van der Waals surface area contributed by atoms with Gasteiger partial charge in [-0.15, -0.1) is 11.3 Å². The van der Waals surface area contributed by atoms with E-state index >= 15 is 0 Å². The summed E-state index contributed by atoms with van der Waals surface area (Å²) < 4.78 is 11.7. The largest absolute Gasteiger partial charge is 0.493 e. The van der Waals surface area contributed by atoms with Crippen LogP contribution in [0.15, 0.2) is 40.9 Å². The summed E-state index contributed by atoms with van der Waals surface area (Å²) in [5.74, 6) is 0.119. The zero-order valence-corrected chi connectivity index (χ0v) is 21.4. The predicted octanol–water partition coefficient (Wildman–Crippen LogP) is 4.89. The average molecular weight is 542 g/mol. The Balaban J connectivity index is 1.42. The third-order valence-electron chi connectivity index (χ3n) is 6.09. The van der Waals surface area contributed by atoms with Gasteiger partial charge in [0.2, 0.25) is 0 Å². The van der Waals surface area contributed by atoms with E-state index < -0.39 is 12.1 Å². The van der Waals surface area contributed by atoms with Gasteiger partial charge < -0.3 is 25.0 Å². The monoisotopic (exact) mass is 541 g/mol. The van der Waals surface area contributed by atoms with Crippen LogP contribution in [0.4, 0.5) is 5.00 Å². The minimum Gasteiger partial charge on any atom is -0.493 e. The number of esters is 1. The number of carbonyl (C=O) groups is 2. The molecule has 0 radical (unpaired) electrons. The Morgan fingerprint density at radius 1 is 1.21 bits per heavy atom. The number of likely N-dealkylation sites (N-methyl/N-ethyl adjacent to an activating group) is 1. The highest BCUT2D eigenvalue weighted by Crippen LogP contribution is 2.43. The molecule has 1 aromatic heterocycles. The van der Waals surface area contributed by atoms with Crippen molar-refractivity contribution in [2.45, 2.75) is 26.1 Å². The molecule has 5 rings (SSSR count). The van der Waals surface area contributed by atoms with E-state index in [9.17, 15) is 9.59 Å². The molecule has 0 bridgehead atoms. The molecule has 2 aliphatic heterocycles. The molecule has 0 fully saturated rings. The van der Waals surface area contributed by atoms with Crippen molar-refractivity contribution in [3.63, 3.8) is 0 Å². The van der Waals surface area contributed by atoms with Crippen molar-refractivity contribution in [1.82, 2.24) is 10.2 Å². The molecule has 0 saturated heterocycles. The zero-order chi connectivity index (χ0) is 24.0. The second-order valence-corrected chi connectivity index (χ2v) is 10.5. The summed E-state index contributed by atoms with van der Waals surface area (Å²) in [5.41, 5.74) is 4.20. The van der Waals surface area contributed by atoms with Gasteiger partial charge in [-0.1, -0.05) is 17.7 Å². The van der Waals surface area contributed by atoms with Gasteiger partial charge in [0.25, 0.3) is 5.91 Å². The van der Waals surface area contributed by atoms with E-state index in [2.05, 4.69) is 38.5 Å². The van der Waals surface area contributed by atoms with E-state index in [1.165, 1.54) is 12.0 Å². The highest BCUT2D eigenvalue weighted by Gasteiger charge is 2.33. The van der Waals surface area contributed by atoms with Gasteiger partial charge in [-0.3, -0.25) is 4.79 Å². The van der Waals surface area contributed by atoms with Gasteiger partial charge >= 0.3 is 5.97 Å². The van der Waals surface area contributed by atoms with Crippen LogP contribution in [0, 0.1) is 6.92 Å². The molecule has 3 aromatic rings. The Morgan fingerprint density at radius 3 is 2.71 bits per heavy atom. The SMILES string of the molecule is COc1cc([C@H]2NC(=O)c3c(sc4c3CCN(C)C4)N2)cc(Br)c1OC(=O)c1ccc(C)cc1. The lowest BCUT2D eigenvalue weighted by Gasteiger charge is -2.28. The highest BCUT2D eigenvalue weighted by atomic mass is 79.9. The van der Waals surface area contributed by atoms with Gasteiger partial charge in [-0.05, 0) is 71.7 Å². The van der Waals surface area contributed by atoms with Crippen molar-refractivity contribution in [1.29, 1.82) is 0 Å². The molecule has 34 heavy (non-hydrogen) atoms. The van der Waals surface area contributed by atoms with Crippen LogP contribution in [0.5, 0.6) is 11.5 Å². The Bertz CT molecular complexity index is 1290. The summed E-state index contributed by atoms with van der Waals surface area (Å²) in [7, 11) is 3.61. The minimum atomic E-state index is -0.477. The molecular weight excluding hydrogens is 518 g/mol. The number of aryl methyl sites for hydroxylation is 1. The minimum absolute atomic E-state index is 0.0780. The topological polar surface area (TPSA) is 79.9 Å². The number of thiophene rings is 1. The van der Waals surface area contributed by atoms with E-state index in [0.717, 1.165) is 46.8 Å². The van der Waals surface area contributed by atoms with Gasteiger partial charge in [0, 0.05) is 18.0 Å². The number of halogens is 1. The molecule has 2 N–H and O–H groups in total. The maximum atomic E-state index is 13.0. The van der Waals surface area contributed by atoms with Crippen molar-refractivity contribution < 1.29 is 19.1 Å². The molecule has 0 saturated carbocycles. The number of nitrogens with zero attached hydrogens (tertiary/aromatic N) is 1. The molecule has 0 aliphatic carbocycles. The molecule has 1 atom stereocenters. The van der Waals surface area contributed by atoms with Crippen LogP contribution in [0.3, 0.4) is 0 Å². The third-order valence-corrected chi connectivity index (χ3v) is 7.83. The molecule has 1 amide bonds. The molecular formula is C25H24BrN3O4S. The number of hydrogen-bond acceptors (Lipinski definition) is 7. The first-order valence-corrected chi connectivity index (χ1v) is 12.5. The molecule has 3 heterocycles. The maximum absolute atomic E-state index is 13.0. The number of ether oxygens (including phenoxy) is 2. The van der Waals surface area contributed by atoms with E-state index in [1.54, 1.807) is 29.5 Å². The van der Waals surface area contributed by atoms with E-state index in [4.69, 9.17) is 9.47 Å². The predicted molar refractivity (Wildman–Crippen MR) is 135 cm³/mol. The Kier molecular flexibility index (Phi) is 6.09. The highest BCUT2D eigenvalue weighted by molar-refractivity contribution is 9.10. The van der Waals surface area contributed by atoms with Crippen molar-refractivity contribution in [3.05, 3.63) is 73.6 Å². The summed E-state index contributed by atoms with van der Waals surface area (Å²) in [6.07, 6.45) is 0.433. The summed E-state index contributed by atoms with van der Waals surface area (Å²) in [6.45, 7) is 3.76. The first kappa shape index (κ1) is 22.9. The van der Waals surface area contributed by atoms with Crippen LogP contribution in [0.2, 0.25) is 0 Å². The number of hydrogen-bond donors (Lipinski definition) is 2. The number of benzene rings is 2. The van der Waals surface area contributed by atoms with Crippen LogP contribution in [0.1, 0.15) is 48.4 Å². The summed E-state index contributed by atoms with van der Waals surface area (Å²) in [4.78, 5) is 29.2. The van der Waals surface area contributed by atoms with Crippen LogP contribution < -0.4 is 20.1 Å². The normalized spacial score (nSPS) is 17.3. The fourth-order valence-electron chi connectivity index (χ4n) is 4.26. The Hall–Kier alpha value is -2.88. The Labute approximate surface area is 210 Å². The third kappa shape index (κ3) is 4.19. The Morgan fingerprint density at radius 2 is 1.97 bits per heavy atom. The maximum Gasteiger partial charge on any atom is 0.343 e. The van der Waals surface area contributed by atoms with Crippen molar-refractivity contribution in [3.8, 4) is 11.5 Å². The fraction of sp³-hybridized carbons (Fsp3) is 0.280. The lowest BCUT2D eigenvalue weighted by atomic mass is 10.0. The quantitative estimate of drug-likeness (QED) is 0.361. The fourth-order valence-corrected chi connectivity index (χ4v) is 6.15. The van der Waals surface area contributed by atoms with E-state index in [-0.39, 0.29) is 11.7 Å². The number of carbonyl (C=O) groups excluding carboxylic acids is 2. The van der Waals surface area contributed by atoms with Gasteiger partial charge in [0.1, 0.15) is 11.2 Å². The van der Waals surface area contributed by atoms with Gasteiger partial charge in [-0.25, -0.2) is 4.79 Å². The number of fused-ring (bicyclic) bond motifs is 3. The van der Waals surface area contributed by atoms with E-state index in [0.29, 0.717) is 15.8 Å². The standard InChI is InChI=1S/C25H24BrN3O4S/c1-13-4-6-14(7-5-13)25(31)33-21-17(26)10-15(11-18(21)32-3)22-27-23(30)20-16-8-9-29(2)12-19(16)34-24(20)28-22/h4-7,10-11,22,28H,8-9,12H2,1-3H3,(H,27,30)/t22-/m0/s1. The number of methoxy groups -OCH3 is 1.